The number of benzene rings is 6. The highest BCUT2D eigenvalue weighted by molar-refractivity contribution is 5.90. The molecule has 0 amide bonds. The van der Waals surface area contributed by atoms with E-state index in [0.29, 0.717) is 116 Å². The lowest BCUT2D eigenvalue weighted by Crippen LogP contribution is -2.38. The van der Waals surface area contributed by atoms with Crippen LogP contribution in [0.1, 0.15) is 195 Å². The number of fused-ring (bicyclic) bond motifs is 4. The number of aryl methyl sites for hydroxylation is 2. The molecule has 10 aliphatic rings. The van der Waals surface area contributed by atoms with Crippen LogP contribution < -0.4 is 11.5 Å². The molecule has 4 heterocycles. The number of carboxylic acids is 1. The van der Waals surface area contributed by atoms with E-state index in [4.69, 9.17) is 69.4 Å². The molecule has 0 radical (unpaired) electrons. The largest absolute Gasteiger partial charge is 0.478 e. The number of esters is 1. The van der Waals surface area contributed by atoms with Crippen LogP contribution in [0.2, 0.25) is 0 Å². The van der Waals surface area contributed by atoms with Crippen molar-refractivity contribution in [3.05, 3.63) is 256 Å². The first-order valence-electron chi connectivity index (χ1n) is 44.6. The number of H-pyrrole nitrogens is 1. The lowest BCUT2D eigenvalue weighted by Gasteiger charge is -2.36. The molecule has 2 unspecified atom stereocenters. The number of aromatic carboxylic acids is 1. The molecule has 718 valence electrons. The van der Waals surface area contributed by atoms with E-state index in [0.717, 1.165) is 137 Å². The van der Waals surface area contributed by atoms with Crippen LogP contribution in [0.25, 0.3) is 22.1 Å². The quantitative estimate of drug-likeness (QED) is 0.0208. The van der Waals surface area contributed by atoms with E-state index in [2.05, 4.69) is 53.1 Å². The molecule has 10 aliphatic carbocycles. The van der Waals surface area contributed by atoms with Crippen molar-refractivity contribution in [2.75, 3.05) is 42.7 Å². The molecule has 2 atom stereocenters. The van der Waals surface area contributed by atoms with Gasteiger partial charge in [-0.2, -0.15) is 0 Å². The molecule has 0 spiro atoms. The number of carbonyl (C=O) groups excluding carboxylic acids is 2. The number of carboxylic acid groups (broad SMARTS) is 1. The van der Waals surface area contributed by atoms with Gasteiger partial charge >= 0.3 is 11.9 Å². The number of halogens is 1. The summed E-state index contributed by atoms with van der Waals surface area (Å²) < 4.78 is 53.9. The molecular weight excluding hydrogens is 1740 g/mol. The average molecular weight is 1860 g/mol. The first-order chi connectivity index (χ1) is 63.6. The second-order valence-corrected chi connectivity index (χ2v) is 34.6. The number of aromatic nitrogens is 8. The van der Waals surface area contributed by atoms with Gasteiger partial charge in [-0.3, -0.25) is 45.3 Å². The maximum absolute atomic E-state index is 11.7. The Labute approximate surface area is 776 Å². The number of ether oxygens (including phenoxy) is 9. The van der Waals surface area contributed by atoms with Gasteiger partial charge in [0.15, 0.2) is 0 Å². The summed E-state index contributed by atoms with van der Waals surface area (Å²) in [5, 5.41) is 67.9. The van der Waals surface area contributed by atoms with Crippen LogP contribution in [-0.2, 0) is 86.3 Å². The van der Waals surface area contributed by atoms with E-state index in [1.165, 1.54) is 108 Å². The lowest BCUT2D eigenvalue weighted by atomic mass is 9.84. The molecule has 0 bridgehead atoms. The van der Waals surface area contributed by atoms with Gasteiger partial charge in [-0.05, 0) is 156 Å². The average Bonchev–Trinajstić information content (AvgIpc) is 1.66. The van der Waals surface area contributed by atoms with Crippen molar-refractivity contribution in [2.24, 2.45) is 17.4 Å². The van der Waals surface area contributed by atoms with Crippen LogP contribution in [0.5, 0.6) is 0 Å². The summed E-state index contributed by atoms with van der Waals surface area (Å²) >= 11 is 0. The number of aliphatic hydroxyl groups excluding tert-OH is 2. The van der Waals surface area contributed by atoms with Gasteiger partial charge in [-0.1, -0.05) is 67.6 Å². The molecule has 10 aromatic rings. The maximum Gasteiger partial charge on any atom is 0.338 e. The first kappa shape index (κ1) is 104. The van der Waals surface area contributed by atoms with Gasteiger partial charge in [-0.25, -0.2) is 29.5 Å². The SMILES string of the molecule is COC1CC(C)C1.COC1CC(O)C1.COC1CC(OC(=O)c2ccc([N+](=O)[O-])cc2)C1.COC1CC(n2cnc3c2CC(N)CC3)C1.COC1CC(n2cnc3c2CC(N)CC3)C1.COC1CC(n2cnc3ccc([N+](=O)[O-])cc32)C1.Cl.O=C(O)c1ccc([N+](=O)[O-])cc1.O=C1CC(OCc2ccccc2)C1.O=[N+]([O-])c1ccc2nc[nH]c2c1.OC1CC(OCc2ccccc2)C1. The molecule has 4 aromatic heterocycles. The number of non-ortho nitro benzene ring substituents is 4. The number of ketones is 1. The van der Waals surface area contributed by atoms with Crippen molar-refractivity contribution in [1.29, 1.82) is 0 Å². The van der Waals surface area contributed by atoms with Crippen LogP contribution in [-0.4, -0.2) is 213 Å². The van der Waals surface area contributed by atoms with Crippen molar-refractivity contribution < 1.29 is 92.0 Å². The summed E-state index contributed by atoms with van der Waals surface area (Å²) in [6.07, 6.45) is 30.7. The Kier molecular flexibility index (Phi) is 40.0. The summed E-state index contributed by atoms with van der Waals surface area (Å²) in [5.41, 5.74) is 23.1. The van der Waals surface area contributed by atoms with Gasteiger partial charge in [0.1, 0.15) is 11.9 Å². The van der Waals surface area contributed by atoms with Gasteiger partial charge < -0.3 is 88.1 Å². The number of nitrogens with zero attached hydrogens (tertiary/aromatic N) is 11. The van der Waals surface area contributed by atoms with E-state index in [1.54, 1.807) is 67.2 Å². The highest BCUT2D eigenvalue weighted by Crippen LogP contribution is 2.40. The molecule has 0 saturated heterocycles. The Hall–Kier alpha value is -11.3. The van der Waals surface area contributed by atoms with Crippen molar-refractivity contribution >= 4 is 74.9 Å². The third kappa shape index (κ3) is 30.6. The fourth-order valence-corrected chi connectivity index (χ4v) is 16.1. The number of hydrogen-bond donors (Lipinski definition) is 6. The number of carbonyl (C=O) groups is 3. The number of nitro benzene ring substituents is 4. The summed E-state index contributed by atoms with van der Waals surface area (Å²) in [6, 6.07) is 41.6. The maximum atomic E-state index is 11.7. The van der Waals surface area contributed by atoms with Crippen LogP contribution in [0.3, 0.4) is 0 Å². The predicted octanol–water partition coefficient (Wildman–Crippen LogP) is 14.8. The van der Waals surface area contributed by atoms with Crippen LogP contribution >= 0.6 is 12.4 Å². The normalized spacial score (nSPS) is 24.4. The molecule has 6 aromatic carbocycles. The highest BCUT2D eigenvalue weighted by Gasteiger charge is 2.38. The van der Waals surface area contributed by atoms with Gasteiger partial charge in [0.2, 0.25) is 0 Å². The minimum absolute atomic E-state index is 0. The van der Waals surface area contributed by atoms with E-state index >= 15 is 0 Å². The minimum Gasteiger partial charge on any atom is -0.478 e. The molecule has 20 rings (SSSR count). The predicted molar refractivity (Wildman–Crippen MR) is 495 cm³/mol. The Morgan fingerprint density at radius 1 is 0.444 bits per heavy atom. The van der Waals surface area contributed by atoms with Gasteiger partial charge in [0.05, 0.1) is 164 Å². The number of nitro groups is 4. The number of aliphatic hydroxyl groups is 2. The molecule has 8 N–H and O–H groups in total. The molecule has 8 fully saturated rings. The van der Waals surface area contributed by atoms with E-state index in [-0.39, 0.29) is 82.3 Å². The molecule has 0 aliphatic heterocycles. The summed E-state index contributed by atoms with van der Waals surface area (Å²) in [6.45, 7) is 3.55. The Morgan fingerprint density at radius 2 is 0.827 bits per heavy atom. The molecular formula is C95H123ClN14O23. The van der Waals surface area contributed by atoms with Gasteiger partial charge in [-0.15, -0.1) is 12.4 Å². The zero-order valence-electron chi connectivity index (χ0n) is 75.9. The van der Waals surface area contributed by atoms with E-state index in [1.807, 2.05) is 65.8 Å². The zero-order valence-corrected chi connectivity index (χ0v) is 76.8. The van der Waals surface area contributed by atoms with Crippen LogP contribution in [0.4, 0.5) is 22.7 Å². The van der Waals surface area contributed by atoms with Crippen molar-refractivity contribution in [1.82, 2.24) is 38.6 Å². The Balaban J connectivity index is 0.000000155. The monoisotopic (exact) mass is 1860 g/mol. The molecule has 133 heavy (non-hydrogen) atoms. The second-order valence-electron chi connectivity index (χ2n) is 34.6. The number of Topliss-reactive ketones (excluding diaryl/α,β-unsaturated/α-hetero) is 1. The topological polar surface area (TPSA) is 502 Å². The third-order valence-corrected chi connectivity index (χ3v) is 25.2. The first-order valence-corrected chi connectivity index (χ1v) is 44.6. The smallest absolute Gasteiger partial charge is 0.338 e. The fourth-order valence-electron chi connectivity index (χ4n) is 16.1. The number of aromatic amines is 1. The summed E-state index contributed by atoms with van der Waals surface area (Å²) in [4.78, 5) is 92.5. The Morgan fingerprint density at radius 3 is 1.23 bits per heavy atom. The molecule has 37 nitrogen and oxygen atoms in total. The number of imidazole rings is 4. The molecule has 38 heteroatoms. The summed E-state index contributed by atoms with van der Waals surface area (Å²) in [7, 11) is 10.4. The molecule has 8 saturated carbocycles. The number of rotatable bonds is 22. The minimum atomic E-state index is -1.09. The van der Waals surface area contributed by atoms with Gasteiger partial charge in [0.25, 0.3) is 22.7 Å². The van der Waals surface area contributed by atoms with E-state index < -0.39 is 26.7 Å². The van der Waals surface area contributed by atoms with E-state index in [9.17, 15) is 54.8 Å². The second kappa shape index (κ2) is 51.2. The van der Waals surface area contributed by atoms with Crippen molar-refractivity contribution in [3.8, 4) is 0 Å². The zero-order chi connectivity index (χ0) is 94.5. The Bertz CT molecular complexity index is 5180. The number of methoxy groups -OCH3 is 6. The van der Waals surface area contributed by atoms with Crippen LogP contribution in [0.15, 0.2) is 171 Å². The number of nitrogens with two attached hydrogens (primary N) is 2. The van der Waals surface area contributed by atoms with Gasteiger partial charge in [0, 0.05) is 171 Å². The standard InChI is InChI=1S/C12H13N3O3.2C12H19N3O.C12H13NO5.C11H14O2.C11H12O2.C7H5N3O2.C7H5NO4.C6H12O.C5H10O2.ClH/c1-18-10-4-9(5-10)14-7-13-11-3-2-8(15(16)17)6-12(11)14;2*1-16-10-5-9(6-10)15-7-14-11-3-2-8(13)4-12(11)15;1-17-10-6-11(7-10)18-12(14)8-2-4-9(5-3-8)13(15)16;2*12-10-6-11(7-10)13-8-9-4-2-1-3-5-9;11-10(12)5-1-2-6-7(3-5)9-4-8-6;9-7(10)5-1-3-6(4-2-5)8(11)12;1-5-3-6(4-5)7-2;1-7-5-2-4(6)3-5;/h2-3,6-7,9-10H,4-5H2,1H3;2*7-10H,2-6,13H2,1H3;2-5,10-11H,6-7H2,1H3;1-5,10-12H,6-8H2;1-5,11H,6-8H2;1-4H,(H,8,9);1-4H,(H,9,10);5-6H,3-4H2,1-2H3;4-6H,2-3H2,1H3;1H. The fraction of sp³-hybridized carbons (Fsp3) is 0.505. The van der Waals surface area contributed by atoms with Crippen LogP contribution in [0, 0.1) is 46.4 Å². The third-order valence-electron chi connectivity index (χ3n) is 25.2. The number of hydrogen-bond acceptors (Lipinski definition) is 28. The number of nitrogens with one attached hydrogen (secondary N) is 1. The van der Waals surface area contributed by atoms with Crippen molar-refractivity contribution in [2.45, 2.75) is 259 Å². The summed E-state index contributed by atoms with van der Waals surface area (Å²) in [5.74, 6) is -0.308. The lowest BCUT2D eigenvalue weighted by molar-refractivity contribution is -0.385. The van der Waals surface area contributed by atoms with Crippen molar-refractivity contribution in [3.63, 3.8) is 0 Å². The highest BCUT2D eigenvalue weighted by atomic mass is 35.5.